The molecule has 0 spiro atoms. The molecule has 0 radical (unpaired) electrons. The Morgan fingerprint density at radius 3 is 2.78 bits per heavy atom. The Labute approximate surface area is 160 Å². The Kier molecular flexibility index (Phi) is 5.97. The van der Waals surface area contributed by atoms with Gasteiger partial charge in [0.1, 0.15) is 11.6 Å². The molecule has 1 atom stereocenters. The van der Waals surface area contributed by atoms with Crippen molar-refractivity contribution in [1.29, 1.82) is 0 Å². The highest BCUT2D eigenvalue weighted by molar-refractivity contribution is 7.98. The van der Waals surface area contributed by atoms with Crippen molar-refractivity contribution in [2.75, 3.05) is 17.3 Å². The predicted molar refractivity (Wildman–Crippen MR) is 106 cm³/mol. The van der Waals surface area contributed by atoms with E-state index in [-0.39, 0.29) is 0 Å². The van der Waals surface area contributed by atoms with E-state index in [1.165, 1.54) is 11.8 Å². The molecule has 0 aliphatic heterocycles. The number of hydrogen-bond donors (Lipinski definition) is 3. The van der Waals surface area contributed by atoms with Crippen molar-refractivity contribution < 1.29 is 19.1 Å². The van der Waals surface area contributed by atoms with E-state index >= 15 is 0 Å². The summed E-state index contributed by atoms with van der Waals surface area (Å²) in [6.07, 6.45) is 2.24. The lowest BCUT2D eigenvalue weighted by atomic mass is 10.2. The highest BCUT2D eigenvalue weighted by atomic mass is 32.2. The maximum atomic E-state index is 12.1. The van der Waals surface area contributed by atoms with Gasteiger partial charge in [-0.2, -0.15) is 11.8 Å². The average molecular weight is 385 g/mol. The second kappa shape index (κ2) is 8.59. The minimum Gasteiger partial charge on any atom is -0.480 e. The summed E-state index contributed by atoms with van der Waals surface area (Å²) in [7, 11) is 0. The van der Waals surface area contributed by atoms with E-state index in [1.54, 1.807) is 18.2 Å². The Bertz CT molecular complexity index is 924. The average Bonchev–Trinajstić information content (AvgIpc) is 3.09. The normalized spacial score (nSPS) is 11.9. The number of fused-ring (bicyclic) bond motifs is 1. The molecule has 140 valence electrons. The maximum Gasteiger partial charge on any atom is 0.326 e. The predicted octanol–water partition coefficient (Wildman–Crippen LogP) is 3.82. The van der Waals surface area contributed by atoms with E-state index in [1.807, 2.05) is 36.6 Å². The third kappa shape index (κ3) is 4.79. The number of nitrogens with zero attached hydrogens (tertiary/aromatic N) is 1. The van der Waals surface area contributed by atoms with Crippen molar-refractivity contribution in [2.24, 2.45) is 0 Å². The van der Waals surface area contributed by atoms with Gasteiger partial charge in [-0.25, -0.2) is 14.6 Å². The lowest BCUT2D eigenvalue weighted by Gasteiger charge is -2.14. The number of benzene rings is 2. The van der Waals surface area contributed by atoms with Crippen LogP contribution in [0.1, 0.15) is 6.42 Å². The zero-order chi connectivity index (χ0) is 19.2. The van der Waals surface area contributed by atoms with Gasteiger partial charge in [0.25, 0.3) is 0 Å². The summed E-state index contributed by atoms with van der Waals surface area (Å²) in [5, 5.41) is 14.3. The second-order valence-electron chi connectivity index (χ2n) is 5.84. The molecule has 8 heteroatoms. The molecule has 2 aromatic carbocycles. The largest absolute Gasteiger partial charge is 0.480 e. The molecule has 0 saturated carbocycles. The first-order chi connectivity index (χ1) is 13.1. The fourth-order valence-corrected chi connectivity index (χ4v) is 3.02. The van der Waals surface area contributed by atoms with E-state index in [9.17, 15) is 14.7 Å². The zero-order valence-corrected chi connectivity index (χ0v) is 15.5. The number of carbonyl (C=O) groups is 2. The second-order valence-corrected chi connectivity index (χ2v) is 6.82. The lowest BCUT2D eigenvalue weighted by Crippen LogP contribution is -2.43. The van der Waals surface area contributed by atoms with Crippen molar-refractivity contribution in [3.63, 3.8) is 0 Å². The smallest absolute Gasteiger partial charge is 0.326 e. The van der Waals surface area contributed by atoms with E-state index in [0.29, 0.717) is 34.9 Å². The molecule has 0 aliphatic rings. The van der Waals surface area contributed by atoms with Crippen LogP contribution in [-0.2, 0) is 4.79 Å². The summed E-state index contributed by atoms with van der Waals surface area (Å²) in [6, 6.07) is 13.0. The third-order valence-corrected chi connectivity index (χ3v) is 4.52. The first-order valence-corrected chi connectivity index (χ1v) is 9.71. The number of anilines is 1. The number of nitrogens with one attached hydrogen (secondary N) is 2. The number of aromatic nitrogens is 1. The minimum atomic E-state index is -1.06. The van der Waals surface area contributed by atoms with Crippen LogP contribution in [0.15, 0.2) is 52.9 Å². The van der Waals surface area contributed by atoms with Crippen molar-refractivity contribution in [3.8, 4) is 11.5 Å². The summed E-state index contributed by atoms with van der Waals surface area (Å²) >= 11 is 1.53. The Morgan fingerprint density at radius 1 is 1.22 bits per heavy atom. The SMILES string of the molecule is CSCC[C@H](NC(=O)Nc1cccc(-c2nc3ccccc3o2)c1)C(=O)O. The summed E-state index contributed by atoms with van der Waals surface area (Å²) in [5.41, 5.74) is 2.66. The zero-order valence-electron chi connectivity index (χ0n) is 14.6. The number of hydrogen-bond acceptors (Lipinski definition) is 5. The molecule has 1 aromatic heterocycles. The van der Waals surface area contributed by atoms with Crippen molar-refractivity contribution in [2.45, 2.75) is 12.5 Å². The Morgan fingerprint density at radius 2 is 2.04 bits per heavy atom. The molecule has 7 nitrogen and oxygen atoms in total. The third-order valence-electron chi connectivity index (χ3n) is 3.88. The highest BCUT2D eigenvalue weighted by Gasteiger charge is 2.19. The number of rotatable bonds is 7. The van der Waals surface area contributed by atoms with Gasteiger partial charge in [-0.1, -0.05) is 18.2 Å². The quantitative estimate of drug-likeness (QED) is 0.571. The minimum absolute atomic E-state index is 0.354. The number of carbonyl (C=O) groups excluding carboxylic acids is 1. The first-order valence-electron chi connectivity index (χ1n) is 8.32. The number of oxazole rings is 1. The molecule has 27 heavy (non-hydrogen) atoms. The monoisotopic (exact) mass is 385 g/mol. The number of urea groups is 1. The standard InChI is InChI=1S/C19H19N3O4S/c1-27-10-9-15(18(23)24)22-19(25)20-13-6-4-5-12(11-13)17-21-14-7-2-3-8-16(14)26-17/h2-8,11,15H,9-10H2,1H3,(H,23,24)(H2,20,22,25)/t15-/m0/s1. The van der Waals surface area contributed by atoms with Gasteiger partial charge in [-0.05, 0) is 48.8 Å². The summed E-state index contributed by atoms with van der Waals surface area (Å²) in [5.74, 6) is 0.0350. The molecule has 2 amide bonds. The van der Waals surface area contributed by atoms with E-state index in [4.69, 9.17) is 4.42 Å². The van der Waals surface area contributed by atoms with Gasteiger partial charge in [0.15, 0.2) is 5.58 Å². The van der Waals surface area contributed by atoms with E-state index < -0.39 is 18.0 Å². The molecular weight excluding hydrogens is 366 g/mol. The van der Waals surface area contributed by atoms with Gasteiger partial charge in [-0.15, -0.1) is 0 Å². The molecular formula is C19H19N3O4S. The van der Waals surface area contributed by atoms with Crippen LogP contribution in [0.25, 0.3) is 22.6 Å². The Hall–Kier alpha value is -3.00. The highest BCUT2D eigenvalue weighted by Crippen LogP contribution is 2.26. The van der Waals surface area contributed by atoms with Crippen LogP contribution in [0.3, 0.4) is 0 Å². The van der Waals surface area contributed by atoms with Crippen LogP contribution in [0.2, 0.25) is 0 Å². The van der Waals surface area contributed by atoms with Crippen LogP contribution in [0.4, 0.5) is 10.5 Å². The summed E-state index contributed by atoms with van der Waals surface area (Å²) in [4.78, 5) is 27.8. The fourth-order valence-electron chi connectivity index (χ4n) is 2.54. The van der Waals surface area contributed by atoms with Crippen LogP contribution in [0, 0.1) is 0 Å². The maximum absolute atomic E-state index is 12.1. The number of carboxylic acid groups (broad SMARTS) is 1. The van der Waals surface area contributed by atoms with E-state index in [2.05, 4.69) is 15.6 Å². The summed E-state index contributed by atoms with van der Waals surface area (Å²) < 4.78 is 5.73. The van der Waals surface area contributed by atoms with Crippen molar-refractivity contribution in [1.82, 2.24) is 10.3 Å². The van der Waals surface area contributed by atoms with E-state index in [0.717, 1.165) is 5.52 Å². The van der Waals surface area contributed by atoms with Gasteiger partial charge in [0.2, 0.25) is 5.89 Å². The lowest BCUT2D eigenvalue weighted by molar-refractivity contribution is -0.139. The van der Waals surface area contributed by atoms with Gasteiger partial charge >= 0.3 is 12.0 Å². The molecule has 0 aliphatic carbocycles. The molecule has 3 rings (SSSR count). The number of aliphatic carboxylic acids is 1. The van der Waals surface area contributed by atoms with Gasteiger partial charge in [0, 0.05) is 11.3 Å². The van der Waals surface area contributed by atoms with Gasteiger partial charge in [-0.3, -0.25) is 0 Å². The first kappa shape index (κ1) is 18.8. The molecule has 0 saturated heterocycles. The number of thioether (sulfide) groups is 1. The van der Waals surface area contributed by atoms with Crippen LogP contribution < -0.4 is 10.6 Å². The molecule has 1 heterocycles. The topological polar surface area (TPSA) is 104 Å². The number of carboxylic acids is 1. The van der Waals surface area contributed by atoms with Crippen LogP contribution >= 0.6 is 11.8 Å². The molecule has 0 fully saturated rings. The molecule has 0 bridgehead atoms. The van der Waals surface area contributed by atoms with Crippen molar-refractivity contribution >= 4 is 40.5 Å². The molecule has 3 aromatic rings. The van der Waals surface area contributed by atoms with Crippen molar-refractivity contribution in [3.05, 3.63) is 48.5 Å². The van der Waals surface area contributed by atoms with Gasteiger partial charge in [0.05, 0.1) is 0 Å². The molecule has 3 N–H and O–H groups in total. The van der Waals surface area contributed by atoms with Gasteiger partial charge < -0.3 is 20.2 Å². The van der Waals surface area contributed by atoms with Crippen LogP contribution in [0.5, 0.6) is 0 Å². The van der Waals surface area contributed by atoms with Crippen LogP contribution in [-0.4, -0.2) is 40.1 Å². The Balaban J connectivity index is 1.71. The number of para-hydroxylation sites is 2. The molecule has 0 unspecified atom stereocenters. The summed E-state index contributed by atoms with van der Waals surface area (Å²) in [6.45, 7) is 0. The number of amides is 2. The fraction of sp³-hybridized carbons (Fsp3) is 0.211.